The molecule has 0 unspecified atom stereocenters. The predicted octanol–water partition coefficient (Wildman–Crippen LogP) is 15.4. The van der Waals surface area contributed by atoms with Gasteiger partial charge in [-0.2, -0.15) is 0 Å². The molecule has 0 amide bonds. The highest BCUT2D eigenvalue weighted by Crippen LogP contribution is 2.80. The van der Waals surface area contributed by atoms with E-state index < -0.39 is 0 Å². The highest BCUT2D eigenvalue weighted by molar-refractivity contribution is 5.71. The van der Waals surface area contributed by atoms with Gasteiger partial charge in [0.25, 0.3) is 0 Å². The first kappa shape index (κ1) is 37.1. The molecular formula is C59H52. The van der Waals surface area contributed by atoms with Crippen LogP contribution in [0.25, 0.3) is 44.5 Å². The van der Waals surface area contributed by atoms with Crippen LogP contribution in [-0.2, 0) is 21.7 Å². The van der Waals surface area contributed by atoms with Crippen molar-refractivity contribution in [1.29, 1.82) is 0 Å². The second-order valence-corrected chi connectivity index (χ2v) is 17.4. The van der Waals surface area contributed by atoms with Gasteiger partial charge in [0.1, 0.15) is 0 Å². The van der Waals surface area contributed by atoms with E-state index in [0.717, 1.165) is 32.1 Å². The lowest BCUT2D eigenvalue weighted by Gasteiger charge is -2.49. The summed E-state index contributed by atoms with van der Waals surface area (Å²) in [6.45, 7) is 4.00. The molecule has 0 radical (unpaired) electrons. The average molecular weight is 761 g/mol. The number of hydrogen-bond acceptors (Lipinski definition) is 0. The van der Waals surface area contributed by atoms with Gasteiger partial charge in [-0.25, -0.2) is 0 Å². The Morgan fingerprint density at radius 1 is 0.237 bits per heavy atom. The van der Waals surface area contributed by atoms with Crippen LogP contribution in [0.1, 0.15) is 68.2 Å². The molecule has 59 heavy (non-hydrogen) atoms. The summed E-state index contributed by atoms with van der Waals surface area (Å²) >= 11 is 0. The summed E-state index contributed by atoms with van der Waals surface area (Å²) in [6.07, 6.45) is 5.67. The maximum absolute atomic E-state index is 2.57. The first-order valence-corrected chi connectivity index (χ1v) is 21.7. The second-order valence-electron chi connectivity index (χ2n) is 17.4. The van der Waals surface area contributed by atoms with Crippen LogP contribution in [0.3, 0.4) is 0 Å². The van der Waals surface area contributed by atoms with Crippen LogP contribution in [0.2, 0.25) is 0 Å². The van der Waals surface area contributed by atoms with E-state index in [0.29, 0.717) is 0 Å². The molecule has 0 atom stereocenters. The monoisotopic (exact) mass is 760 g/mol. The summed E-state index contributed by atoms with van der Waals surface area (Å²) in [5.41, 5.74) is 16.1. The second kappa shape index (κ2) is 14.9. The van der Waals surface area contributed by atoms with Crippen molar-refractivity contribution in [1.82, 2.24) is 0 Å². The van der Waals surface area contributed by atoms with Crippen molar-refractivity contribution in [3.8, 4) is 44.5 Å². The molecule has 4 bridgehead atoms. The van der Waals surface area contributed by atoms with Crippen molar-refractivity contribution in [3.63, 3.8) is 0 Å². The van der Waals surface area contributed by atoms with Gasteiger partial charge in [-0.3, -0.25) is 0 Å². The molecule has 4 saturated carbocycles. The van der Waals surface area contributed by atoms with Crippen LogP contribution in [0, 0.1) is 0 Å². The van der Waals surface area contributed by atoms with Gasteiger partial charge in [-0.05, 0) is 110 Å². The molecule has 4 aliphatic carbocycles. The lowest BCUT2D eigenvalue weighted by Crippen LogP contribution is -2.44. The van der Waals surface area contributed by atoms with Crippen molar-refractivity contribution < 1.29 is 0 Å². The van der Waals surface area contributed by atoms with Gasteiger partial charge in [0, 0.05) is 10.8 Å². The molecular weight excluding hydrogens is 709 g/mol. The Bertz CT molecular complexity index is 2510. The normalized spacial score (nSPS) is 23.7. The molecule has 288 valence electrons. The van der Waals surface area contributed by atoms with E-state index in [2.05, 4.69) is 218 Å². The third kappa shape index (κ3) is 6.12. The van der Waals surface area contributed by atoms with Gasteiger partial charge < -0.3 is 0 Å². The molecule has 8 aromatic rings. The first-order valence-electron chi connectivity index (χ1n) is 21.7. The van der Waals surface area contributed by atoms with Gasteiger partial charge in [-0.15, -0.1) is 0 Å². The molecule has 0 spiro atoms. The van der Waals surface area contributed by atoms with Crippen molar-refractivity contribution >= 4 is 0 Å². The summed E-state index contributed by atoms with van der Waals surface area (Å²) in [5, 5.41) is 0. The van der Waals surface area contributed by atoms with Gasteiger partial charge >= 0.3 is 0 Å². The molecule has 0 N–H and O–H groups in total. The van der Waals surface area contributed by atoms with Crippen LogP contribution in [0.4, 0.5) is 0 Å². The summed E-state index contributed by atoms with van der Waals surface area (Å²) in [4.78, 5) is 0. The summed E-state index contributed by atoms with van der Waals surface area (Å²) in [7, 11) is 0. The Balaban J connectivity index is 0.00000207. The Hall–Kier alpha value is -6.24. The highest BCUT2D eigenvalue weighted by Gasteiger charge is 2.77. The lowest BCUT2D eigenvalue weighted by molar-refractivity contribution is 0.176. The standard InChI is InChI=1S/C57H46.C2H6/c1-5-17-42(18-6-1)46-25-13-29-50(33-46)54-37-55(51-30-14-26-47(34-51)43-19-7-2-8-20-43)40-56(38-54,52-31-15-27-48(35-52)44-21-9-3-10-22-44)57(39-54,41-55)53-32-16-28-49(36-53)45-23-11-4-12-24-45;1-2/h1-36H,37-41H2;1-2H3. The number of rotatable bonds is 8. The first-order chi connectivity index (χ1) is 29.1. The predicted molar refractivity (Wildman–Crippen MR) is 249 cm³/mol. The van der Waals surface area contributed by atoms with Gasteiger partial charge in [-0.1, -0.05) is 232 Å². The lowest BCUT2D eigenvalue weighted by atomic mass is 9.54. The van der Waals surface area contributed by atoms with Crippen LogP contribution in [0.15, 0.2) is 218 Å². The minimum absolute atomic E-state index is 0.0183. The summed E-state index contributed by atoms with van der Waals surface area (Å²) in [6, 6.07) is 82.7. The fourth-order valence-corrected chi connectivity index (χ4v) is 12.3. The fraction of sp³-hybridized carbons (Fsp3) is 0.186. The fourth-order valence-electron chi connectivity index (χ4n) is 12.3. The Morgan fingerprint density at radius 3 is 0.763 bits per heavy atom. The van der Waals surface area contributed by atoms with Gasteiger partial charge in [0.15, 0.2) is 0 Å². The molecule has 4 fully saturated rings. The van der Waals surface area contributed by atoms with E-state index in [-0.39, 0.29) is 21.7 Å². The van der Waals surface area contributed by atoms with Crippen LogP contribution < -0.4 is 0 Å². The maximum atomic E-state index is 2.57. The minimum Gasteiger partial charge on any atom is -0.0683 e. The van der Waals surface area contributed by atoms with Gasteiger partial charge in [0.05, 0.1) is 0 Å². The Morgan fingerprint density at radius 2 is 0.475 bits per heavy atom. The number of benzene rings is 8. The van der Waals surface area contributed by atoms with Crippen molar-refractivity contribution in [2.75, 3.05) is 0 Å². The maximum Gasteiger partial charge on any atom is 0.00676 e. The molecule has 8 aromatic carbocycles. The third-order valence-electron chi connectivity index (χ3n) is 14.4. The van der Waals surface area contributed by atoms with Crippen molar-refractivity contribution in [2.45, 2.75) is 67.6 Å². The topological polar surface area (TPSA) is 0 Å². The molecule has 12 rings (SSSR count). The average Bonchev–Trinajstić information content (AvgIpc) is 3.68. The molecule has 0 saturated heterocycles. The molecule has 0 aromatic heterocycles. The van der Waals surface area contributed by atoms with E-state index in [9.17, 15) is 0 Å². The zero-order chi connectivity index (χ0) is 39.9. The van der Waals surface area contributed by atoms with Crippen LogP contribution in [0.5, 0.6) is 0 Å². The quantitative estimate of drug-likeness (QED) is 0.145. The van der Waals surface area contributed by atoms with Crippen molar-refractivity contribution in [3.05, 3.63) is 241 Å². The Labute approximate surface area is 351 Å². The molecule has 0 heteroatoms. The molecule has 0 aliphatic heterocycles. The SMILES string of the molecule is CC.c1ccc(-c2cccc(C34CC5(c6cccc(-c7ccccc7)c6)CC(c6cccc(-c7ccccc7)c6)(C3)C(c3cccc(-c6ccccc6)c3)(C4)C5)c2)cc1. The zero-order valence-electron chi connectivity index (χ0n) is 34.3. The highest BCUT2D eigenvalue weighted by atomic mass is 14.8. The number of hydrogen-bond donors (Lipinski definition) is 0. The smallest absolute Gasteiger partial charge is 0.00676 e. The van der Waals surface area contributed by atoms with E-state index in [4.69, 9.17) is 0 Å². The summed E-state index contributed by atoms with van der Waals surface area (Å²) in [5.74, 6) is 0. The van der Waals surface area contributed by atoms with Crippen LogP contribution in [-0.4, -0.2) is 0 Å². The van der Waals surface area contributed by atoms with Crippen molar-refractivity contribution in [2.24, 2.45) is 0 Å². The largest absolute Gasteiger partial charge is 0.0683 e. The zero-order valence-corrected chi connectivity index (χ0v) is 34.3. The van der Waals surface area contributed by atoms with E-state index in [1.54, 1.807) is 0 Å². The minimum atomic E-state index is -0.0865. The molecule has 0 heterocycles. The summed E-state index contributed by atoms with van der Waals surface area (Å²) < 4.78 is 0. The molecule has 4 aliphatic rings. The van der Waals surface area contributed by atoms with E-state index >= 15 is 0 Å². The third-order valence-corrected chi connectivity index (χ3v) is 14.4. The van der Waals surface area contributed by atoms with Crippen LogP contribution >= 0.6 is 0 Å². The van der Waals surface area contributed by atoms with Gasteiger partial charge in [0.2, 0.25) is 0 Å². The van der Waals surface area contributed by atoms with E-state index in [1.807, 2.05) is 13.8 Å². The van der Waals surface area contributed by atoms with E-state index in [1.165, 1.54) is 66.8 Å². The molecule has 0 nitrogen and oxygen atoms in total. The Kier molecular flexibility index (Phi) is 9.33.